The molecule has 3 aromatic carbocycles. The number of halogens is 6. The van der Waals surface area contributed by atoms with Gasteiger partial charge in [0.15, 0.2) is 11.6 Å². The summed E-state index contributed by atoms with van der Waals surface area (Å²) in [6.45, 7) is -0.00487. The first-order valence-corrected chi connectivity index (χ1v) is 13.4. The second-order valence-electron chi connectivity index (χ2n) is 9.40. The Kier molecular flexibility index (Phi) is 9.54. The summed E-state index contributed by atoms with van der Waals surface area (Å²) in [6, 6.07) is 13.9. The smallest absolute Gasteiger partial charge is 0.329 e. The average molecular weight is 647 g/mol. The summed E-state index contributed by atoms with van der Waals surface area (Å²) >= 11 is 5.89. The van der Waals surface area contributed by atoms with Gasteiger partial charge in [0.1, 0.15) is 18.6 Å². The molecule has 0 saturated carbocycles. The lowest BCUT2D eigenvalue weighted by Gasteiger charge is -2.17. The molecule has 9 nitrogen and oxygen atoms in total. The number of aromatic nitrogens is 2. The van der Waals surface area contributed by atoms with Gasteiger partial charge in [-0.1, -0.05) is 41.9 Å². The highest BCUT2D eigenvalue weighted by molar-refractivity contribution is 6.30. The van der Waals surface area contributed by atoms with E-state index < -0.39 is 59.2 Å². The van der Waals surface area contributed by atoms with E-state index in [9.17, 15) is 31.5 Å². The van der Waals surface area contributed by atoms with E-state index in [2.05, 4.69) is 25.3 Å². The van der Waals surface area contributed by atoms with E-state index in [0.717, 1.165) is 6.26 Å². The lowest BCUT2D eigenvalue weighted by atomic mass is 10.1. The van der Waals surface area contributed by atoms with Crippen molar-refractivity contribution in [3.05, 3.63) is 124 Å². The third kappa shape index (κ3) is 7.36. The van der Waals surface area contributed by atoms with Gasteiger partial charge in [0.25, 0.3) is 5.91 Å². The molecule has 1 atom stereocenters. The van der Waals surface area contributed by atoms with Gasteiger partial charge >= 0.3 is 5.97 Å². The molecule has 2 heterocycles. The fourth-order valence-electron chi connectivity index (χ4n) is 3.98. The zero-order valence-corrected chi connectivity index (χ0v) is 23.5. The molecule has 0 aliphatic rings. The van der Waals surface area contributed by atoms with Crippen LogP contribution in [0.25, 0.3) is 11.5 Å². The molecule has 15 heteroatoms. The van der Waals surface area contributed by atoms with Crippen molar-refractivity contribution in [3.8, 4) is 17.2 Å². The first-order valence-electron chi connectivity index (χ1n) is 13.0. The Labute approximate surface area is 256 Å². The number of hydrogen-bond donors (Lipinski definition) is 2. The number of rotatable bonds is 11. The summed E-state index contributed by atoms with van der Waals surface area (Å²) in [5.74, 6) is -15.3. The summed E-state index contributed by atoms with van der Waals surface area (Å²) < 4.78 is 84.5. The summed E-state index contributed by atoms with van der Waals surface area (Å²) in [5.41, 5.74) is 1.58. The SMILES string of the molecule is O=C(NCc1coc(-c2ccc(Cl)cc2)n1)c1coc(CC(NCc2ccccc2)C(=O)Oc2c(F)c(F)c(F)c(F)c2F)n1. The minimum absolute atomic E-state index is 0.0292. The van der Waals surface area contributed by atoms with Gasteiger partial charge in [-0.3, -0.25) is 10.1 Å². The van der Waals surface area contributed by atoms with Crippen LogP contribution in [0.1, 0.15) is 27.6 Å². The largest absolute Gasteiger partial charge is 0.448 e. The van der Waals surface area contributed by atoms with Gasteiger partial charge in [0.05, 0.1) is 18.7 Å². The highest BCUT2D eigenvalue weighted by Crippen LogP contribution is 2.29. The van der Waals surface area contributed by atoms with E-state index in [0.29, 0.717) is 27.7 Å². The summed E-state index contributed by atoms with van der Waals surface area (Å²) in [7, 11) is 0. The molecule has 0 bridgehead atoms. The quantitative estimate of drug-likeness (QED) is 0.0597. The molecule has 0 saturated heterocycles. The monoisotopic (exact) mass is 646 g/mol. The highest BCUT2D eigenvalue weighted by atomic mass is 35.5. The number of nitrogens with one attached hydrogen (secondary N) is 2. The maximum absolute atomic E-state index is 14.2. The van der Waals surface area contributed by atoms with Crippen LogP contribution in [0.5, 0.6) is 5.75 Å². The number of ether oxygens (including phenoxy) is 1. The molecule has 0 aliphatic heterocycles. The third-order valence-electron chi connectivity index (χ3n) is 6.29. The second kappa shape index (κ2) is 13.7. The van der Waals surface area contributed by atoms with E-state index in [4.69, 9.17) is 20.4 Å². The summed E-state index contributed by atoms with van der Waals surface area (Å²) in [6.07, 6.45) is 1.94. The van der Waals surface area contributed by atoms with E-state index in [-0.39, 0.29) is 24.7 Å². The normalized spacial score (nSPS) is 11.8. The number of oxazole rings is 2. The zero-order valence-electron chi connectivity index (χ0n) is 22.8. The van der Waals surface area contributed by atoms with Crippen molar-refractivity contribution in [2.24, 2.45) is 0 Å². The molecule has 0 fully saturated rings. The van der Waals surface area contributed by atoms with Crippen LogP contribution in [0.15, 0.2) is 76.0 Å². The van der Waals surface area contributed by atoms with Crippen LogP contribution in [0, 0.1) is 29.1 Å². The van der Waals surface area contributed by atoms with Crippen LogP contribution in [0.2, 0.25) is 5.02 Å². The van der Waals surface area contributed by atoms with E-state index in [1.807, 2.05) is 0 Å². The molecule has 45 heavy (non-hydrogen) atoms. The minimum Gasteiger partial charge on any atom is -0.448 e. The molecule has 0 spiro atoms. The zero-order chi connectivity index (χ0) is 32.1. The van der Waals surface area contributed by atoms with Gasteiger partial charge in [-0.2, -0.15) is 8.78 Å². The maximum Gasteiger partial charge on any atom is 0.329 e. The number of amides is 1. The molecule has 5 rings (SSSR count). The van der Waals surface area contributed by atoms with Crippen LogP contribution >= 0.6 is 11.6 Å². The van der Waals surface area contributed by atoms with Crippen molar-refractivity contribution >= 4 is 23.5 Å². The van der Waals surface area contributed by atoms with Crippen molar-refractivity contribution in [1.29, 1.82) is 0 Å². The molecule has 0 aliphatic carbocycles. The lowest BCUT2D eigenvalue weighted by molar-refractivity contribution is -0.137. The van der Waals surface area contributed by atoms with Crippen LogP contribution in [0.3, 0.4) is 0 Å². The van der Waals surface area contributed by atoms with E-state index in [1.165, 1.54) is 6.26 Å². The molecule has 2 N–H and O–H groups in total. The number of carbonyl (C=O) groups excluding carboxylic acids is 2. The van der Waals surface area contributed by atoms with Gasteiger partial charge in [0, 0.05) is 17.1 Å². The van der Waals surface area contributed by atoms with E-state index >= 15 is 0 Å². The van der Waals surface area contributed by atoms with Crippen LogP contribution in [0.4, 0.5) is 22.0 Å². The van der Waals surface area contributed by atoms with Crippen molar-refractivity contribution < 1.29 is 45.1 Å². The Bertz CT molecular complexity index is 1800. The number of nitrogens with zero attached hydrogens (tertiary/aromatic N) is 2. The minimum atomic E-state index is -2.40. The van der Waals surface area contributed by atoms with Gasteiger partial charge in [-0.15, -0.1) is 0 Å². The predicted octanol–water partition coefficient (Wildman–Crippen LogP) is 5.92. The Morgan fingerprint density at radius 2 is 1.49 bits per heavy atom. The molecule has 1 amide bonds. The van der Waals surface area contributed by atoms with Gasteiger partial charge in [-0.25, -0.2) is 27.9 Å². The highest BCUT2D eigenvalue weighted by Gasteiger charge is 2.31. The van der Waals surface area contributed by atoms with Crippen molar-refractivity contribution in [2.45, 2.75) is 25.6 Å². The number of benzene rings is 3. The Morgan fingerprint density at radius 1 is 0.822 bits per heavy atom. The Balaban J connectivity index is 1.27. The van der Waals surface area contributed by atoms with Gasteiger partial charge in [0.2, 0.25) is 40.7 Å². The first-order chi connectivity index (χ1) is 21.6. The average Bonchev–Trinajstić information content (AvgIpc) is 3.73. The second-order valence-corrected chi connectivity index (χ2v) is 9.84. The number of esters is 1. The molecular weight excluding hydrogens is 627 g/mol. The third-order valence-corrected chi connectivity index (χ3v) is 6.54. The van der Waals surface area contributed by atoms with Crippen molar-refractivity contribution in [1.82, 2.24) is 20.6 Å². The number of carbonyl (C=O) groups is 2. The van der Waals surface area contributed by atoms with Crippen LogP contribution in [-0.4, -0.2) is 27.9 Å². The summed E-state index contributed by atoms with van der Waals surface area (Å²) in [4.78, 5) is 34.0. The van der Waals surface area contributed by atoms with Crippen LogP contribution in [-0.2, 0) is 24.3 Å². The first kappa shape index (κ1) is 31.3. The van der Waals surface area contributed by atoms with Crippen LogP contribution < -0.4 is 15.4 Å². The van der Waals surface area contributed by atoms with Crippen molar-refractivity contribution in [2.75, 3.05) is 0 Å². The molecule has 0 radical (unpaired) electrons. The predicted molar refractivity (Wildman–Crippen MR) is 147 cm³/mol. The molecule has 1 unspecified atom stereocenters. The molecule has 232 valence electrons. The lowest BCUT2D eigenvalue weighted by Crippen LogP contribution is -2.41. The van der Waals surface area contributed by atoms with E-state index in [1.54, 1.807) is 54.6 Å². The molecular formula is C30H20ClF5N4O5. The molecule has 5 aromatic rings. The fourth-order valence-corrected chi connectivity index (χ4v) is 4.11. The Hall–Kier alpha value is -5.08. The topological polar surface area (TPSA) is 119 Å². The number of hydrogen-bond acceptors (Lipinski definition) is 8. The maximum atomic E-state index is 14.2. The summed E-state index contributed by atoms with van der Waals surface area (Å²) in [5, 5.41) is 5.91. The molecule has 2 aromatic heterocycles. The van der Waals surface area contributed by atoms with Gasteiger partial charge < -0.3 is 18.9 Å². The fraction of sp³-hybridized carbons (Fsp3) is 0.133. The van der Waals surface area contributed by atoms with Gasteiger partial charge in [-0.05, 0) is 29.8 Å². The van der Waals surface area contributed by atoms with Crippen molar-refractivity contribution in [3.63, 3.8) is 0 Å². The Morgan fingerprint density at radius 3 is 2.18 bits per heavy atom. The standard InChI is InChI=1S/C30H20ClF5N4O5/c31-17-8-6-16(7-9-17)29-39-18(13-44-29)12-38-28(41)20-14-43-21(40-20)10-19(37-11-15-4-2-1-3-5-15)30(42)45-27-25(35)23(33)22(32)24(34)26(27)36/h1-9,13-14,19,37H,10-12H2,(H,38,41).